The van der Waals surface area contributed by atoms with Crippen LogP contribution in [0.3, 0.4) is 0 Å². The summed E-state index contributed by atoms with van der Waals surface area (Å²) >= 11 is 0. The molecule has 0 unspecified atom stereocenters. The Labute approximate surface area is 153 Å². The van der Waals surface area contributed by atoms with Crippen molar-refractivity contribution in [2.45, 2.75) is 37.8 Å². The first-order valence-electron chi connectivity index (χ1n) is 9.15. The lowest BCUT2D eigenvalue weighted by Gasteiger charge is -2.33. The van der Waals surface area contributed by atoms with Crippen molar-refractivity contribution in [3.8, 4) is 11.1 Å². The summed E-state index contributed by atoms with van der Waals surface area (Å²) in [5.41, 5.74) is 3.10. The Hall–Kier alpha value is -2.60. The molecule has 1 N–H and O–H groups in total. The van der Waals surface area contributed by atoms with Crippen LogP contribution < -0.4 is 5.32 Å². The number of hydrogen-bond acceptors (Lipinski definition) is 6. The SMILES string of the molecule is CN(C)C1CCC(Nc2ncnc3ccc(-c4ccnnc4)cc23)CC1. The molecule has 2 aromatic heterocycles. The van der Waals surface area contributed by atoms with Crippen molar-refractivity contribution in [2.24, 2.45) is 0 Å². The average Bonchev–Trinajstić information content (AvgIpc) is 2.69. The first kappa shape index (κ1) is 16.8. The Morgan fingerprint density at radius 2 is 1.81 bits per heavy atom. The predicted molar refractivity (Wildman–Crippen MR) is 104 cm³/mol. The van der Waals surface area contributed by atoms with E-state index in [1.54, 1.807) is 18.7 Å². The molecule has 0 aliphatic heterocycles. The molecule has 1 fully saturated rings. The fourth-order valence-electron chi connectivity index (χ4n) is 3.74. The molecule has 4 rings (SSSR count). The van der Waals surface area contributed by atoms with Crippen LogP contribution in [0.15, 0.2) is 43.0 Å². The largest absolute Gasteiger partial charge is 0.367 e. The van der Waals surface area contributed by atoms with Crippen LogP contribution in [0.5, 0.6) is 0 Å². The molecule has 2 heterocycles. The van der Waals surface area contributed by atoms with Crippen LogP contribution >= 0.6 is 0 Å². The van der Waals surface area contributed by atoms with Crippen molar-refractivity contribution < 1.29 is 0 Å². The van der Waals surface area contributed by atoms with E-state index in [9.17, 15) is 0 Å². The maximum Gasteiger partial charge on any atom is 0.137 e. The number of nitrogens with one attached hydrogen (secondary N) is 1. The van der Waals surface area contributed by atoms with E-state index < -0.39 is 0 Å². The molecule has 134 valence electrons. The van der Waals surface area contributed by atoms with Gasteiger partial charge in [-0.15, -0.1) is 0 Å². The monoisotopic (exact) mass is 348 g/mol. The third-order valence-corrected chi connectivity index (χ3v) is 5.32. The zero-order chi connectivity index (χ0) is 17.9. The Morgan fingerprint density at radius 1 is 0.962 bits per heavy atom. The van der Waals surface area contributed by atoms with E-state index in [1.165, 1.54) is 25.7 Å². The number of rotatable bonds is 4. The fraction of sp³-hybridized carbons (Fsp3) is 0.400. The van der Waals surface area contributed by atoms with E-state index in [4.69, 9.17) is 0 Å². The molecule has 1 saturated carbocycles. The average molecular weight is 348 g/mol. The van der Waals surface area contributed by atoms with Gasteiger partial charge >= 0.3 is 0 Å². The van der Waals surface area contributed by atoms with Crippen molar-refractivity contribution in [2.75, 3.05) is 19.4 Å². The van der Waals surface area contributed by atoms with Crippen LogP contribution in [0.2, 0.25) is 0 Å². The Morgan fingerprint density at radius 3 is 2.54 bits per heavy atom. The smallest absolute Gasteiger partial charge is 0.137 e. The van der Waals surface area contributed by atoms with E-state index in [0.29, 0.717) is 12.1 Å². The second-order valence-corrected chi connectivity index (χ2v) is 7.20. The molecule has 0 saturated heterocycles. The number of fused-ring (bicyclic) bond motifs is 1. The highest BCUT2D eigenvalue weighted by molar-refractivity contribution is 5.92. The quantitative estimate of drug-likeness (QED) is 0.780. The molecule has 1 aliphatic rings. The minimum atomic E-state index is 0.468. The van der Waals surface area contributed by atoms with E-state index in [-0.39, 0.29) is 0 Å². The Bertz CT molecular complexity index is 872. The first-order valence-corrected chi connectivity index (χ1v) is 9.15. The summed E-state index contributed by atoms with van der Waals surface area (Å²) in [6, 6.07) is 9.38. The normalized spacial score (nSPS) is 20.4. The number of anilines is 1. The summed E-state index contributed by atoms with van der Waals surface area (Å²) in [5, 5.41) is 12.6. The highest BCUT2D eigenvalue weighted by Gasteiger charge is 2.23. The van der Waals surface area contributed by atoms with Gasteiger partial charge in [0.1, 0.15) is 12.1 Å². The maximum atomic E-state index is 4.53. The second-order valence-electron chi connectivity index (χ2n) is 7.20. The van der Waals surface area contributed by atoms with Gasteiger partial charge in [-0.3, -0.25) is 0 Å². The zero-order valence-corrected chi connectivity index (χ0v) is 15.3. The van der Waals surface area contributed by atoms with Crippen molar-refractivity contribution in [3.05, 3.63) is 43.0 Å². The zero-order valence-electron chi connectivity index (χ0n) is 15.3. The third kappa shape index (κ3) is 3.51. The third-order valence-electron chi connectivity index (χ3n) is 5.32. The molecule has 0 spiro atoms. The molecule has 1 aromatic carbocycles. The summed E-state index contributed by atoms with van der Waals surface area (Å²) in [6.45, 7) is 0. The van der Waals surface area contributed by atoms with Gasteiger partial charge in [0.2, 0.25) is 0 Å². The van der Waals surface area contributed by atoms with Gasteiger partial charge in [0, 0.05) is 23.0 Å². The molecular weight excluding hydrogens is 324 g/mol. The number of nitrogens with zero attached hydrogens (tertiary/aromatic N) is 5. The van der Waals surface area contributed by atoms with Crippen LogP contribution in [0.25, 0.3) is 22.0 Å². The molecule has 0 amide bonds. The second kappa shape index (κ2) is 7.33. The number of benzene rings is 1. The number of aromatic nitrogens is 4. The lowest BCUT2D eigenvalue weighted by atomic mass is 9.90. The van der Waals surface area contributed by atoms with Gasteiger partial charge < -0.3 is 10.2 Å². The van der Waals surface area contributed by atoms with Crippen LogP contribution in [-0.4, -0.2) is 51.2 Å². The van der Waals surface area contributed by atoms with E-state index in [2.05, 4.69) is 56.6 Å². The summed E-state index contributed by atoms with van der Waals surface area (Å²) in [6.07, 6.45) is 9.92. The van der Waals surface area contributed by atoms with Crippen LogP contribution in [-0.2, 0) is 0 Å². The van der Waals surface area contributed by atoms with Gasteiger partial charge in [0.15, 0.2) is 0 Å². The summed E-state index contributed by atoms with van der Waals surface area (Å²) < 4.78 is 0. The molecule has 0 bridgehead atoms. The summed E-state index contributed by atoms with van der Waals surface area (Å²) in [7, 11) is 4.34. The number of hydrogen-bond donors (Lipinski definition) is 1. The minimum Gasteiger partial charge on any atom is -0.367 e. The summed E-state index contributed by atoms with van der Waals surface area (Å²) in [4.78, 5) is 11.3. The predicted octanol–water partition coefficient (Wildman–Crippen LogP) is 3.37. The highest BCUT2D eigenvalue weighted by Crippen LogP contribution is 2.29. The standard InChI is InChI=1S/C20H24N6/c1-26(2)17-6-4-16(5-7-17)25-20-18-11-14(15-9-10-23-24-12-15)3-8-19(18)21-13-22-20/h3,8-13,16-17H,4-7H2,1-2H3,(H,21,22,25). The molecule has 3 aromatic rings. The van der Waals surface area contributed by atoms with Gasteiger partial charge in [0.05, 0.1) is 17.9 Å². The summed E-state index contributed by atoms with van der Waals surface area (Å²) in [5.74, 6) is 0.923. The lowest BCUT2D eigenvalue weighted by Crippen LogP contribution is -2.36. The van der Waals surface area contributed by atoms with Crippen molar-refractivity contribution in [3.63, 3.8) is 0 Å². The fourth-order valence-corrected chi connectivity index (χ4v) is 3.74. The Kier molecular flexibility index (Phi) is 4.75. The maximum absolute atomic E-state index is 4.53. The molecule has 1 aliphatic carbocycles. The molecule has 0 atom stereocenters. The first-order chi connectivity index (χ1) is 12.7. The van der Waals surface area contributed by atoms with Gasteiger partial charge in [-0.1, -0.05) is 6.07 Å². The van der Waals surface area contributed by atoms with Crippen molar-refractivity contribution in [1.29, 1.82) is 0 Å². The van der Waals surface area contributed by atoms with Crippen LogP contribution in [0.1, 0.15) is 25.7 Å². The molecular formula is C20H24N6. The molecule has 6 heteroatoms. The lowest BCUT2D eigenvalue weighted by molar-refractivity contribution is 0.221. The van der Waals surface area contributed by atoms with Gasteiger partial charge in [-0.25, -0.2) is 9.97 Å². The van der Waals surface area contributed by atoms with E-state index in [1.807, 2.05) is 12.1 Å². The Balaban J connectivity index is 1.59. The van der Waals surface area contributed by atoms with Crippen LogP contribution in [0, 0.1) is 0 Å². The highest BCUT2D eigenvalue weighted by atomic mass is 15.1. The van der Waals surface area contributed by atoms with Crippen LogP contribution in [0.4, 0.5) is 5.82 Å². The van der Waals surface area contributed by atoms with E-state index in [0.717, 1.165) is 27.8 Å². The molecule has 0 radical (unpaired) electrons. The van der Waals surface area contributed by atoms with Gasteiger partial charge in [-0.05, 0) is 63.5 Å². The van der Waals surface area contributed by atoms with Gasteiger partial charge in [-0.2, -0.15) is 10.2 Å². The molecule has 26 heavy (non-hydrogen) atoms. The minimum absolute atomic E-state index is 0.468. The van der Waals surface area contributed by atoms with Crippen molar-refractivity contribution in [1.82, 2.24) is 25.1 Å². The van der Waals surface area contributed by atoms with Gasteiger partial charge in [0.25, 0.3) is 0 Å². The molecule has 6 nitrogen and oxygen atoms in total. The van der Waals surface area contributed by atoms with Crippen molar-refractivity contribution >= 4 is 16.7 Å². The van der Waals surface area contributed by atoms with E-state index >= 15 is 0 Å². The topological polar surface area (TPSA) is 66.8 Å².